The minimum absolute atomic E-state index is 0.103. The summed E-state index contributed by atoms with van der Waals surface area (Å²) < 4.78 is 5.59. The standard InChI is InChI=1S/C27H28ClN7O2/c1-26(2,3)37-25(36)35-13-17-11-18(35)12-34(17)22-7-6-21-23(33-22)24(31-15-30-21)32-16-4-5-19(20(28)10-16)27(14-29)8-9-27/h4-7,10,15,17-18H,8-9,11-13H2,1-3H3,(H,30,31,32)/t17-,18-/m0/s1. The van der Waals surface area contributed by atoms with Gasteiger partial charge in [0.15, 0.2) is 5.82 Å². The van der Waals surface area contributed by atoms with Crippen molar-refractivity contribution in [2.75, 3.05) is 23.3 Å². The average Bonchev–Trinajstić information content (AvgIpc) is 3.37. The molecule has 3 aromatic rings. The van der Waals surface area contributed by atoms with E-state index in [-0.39, 0.29) is 18.2 Å². The molecule has 3 fully saturated rings. The van der Waals surface area contributed by atoms with Crippen molar-refractivity contribution in [2.45, 2.75) is 63.1 Å². The van der Waals surface area contributed by atoms with E-state index in [2.05, 4.69) is 26.3 Å². The van der Waals surface area contributed by atoms with Crippen LogP contribution in [-0.2, 0) is 10.2 Å². The molecule has 9 nitrogen and oxygen atoms in total. The zero-order chi connectivity index (χ0) is 25.9. The fraction of sp³-hybridized carbons (Fsp3) is 0.444. The van der Waals surface area contributed by atoms with E-state index in [1.807, 2.05) is 56.0 Å². The van der Waals surface area contributed by atoms with Gasteiger partial charge in [-0.1, -0.05) is 17.7 Å². The van der Waals surface area contributed by atoms with E-state index in [0.29, 0.717) is 29.4 Å². The Hall–Kier alpha value is -3.64. The zero-order valence-corrected chi connectivity index (χ0v) is 21.8. The van der Waals surface area contributed by atoms with Gasteiger partial charge in [0.2, 0.25) is 0 Å². The van der Waals surface area contributed by atoms with Gasteiger partial charge < -0.3 is 19.9 Å². The summed E-state index contributed by atoms with van der Waals surface area (Å²) >= 11 is 6.55. The molecule has 1 amide bonds. The summed E-state index contributed by atoms with van der Waals surface area (Å²) in [6.07, 6.45) is 3.83. The smallest absolute Gasteiger partial charge is 0.410 e. The molecular weight excluding hydrogens is 490 g/mol. The third-order valence-corrected chi connectivity index (χ3v) is 7.65. The minimum atomic E-state index is -0.512. The number of fused-ring (bicyclic) bond motifs is 3. The first-order valence-electron chi connectivity index (χ1n) is 12.5. The summed E-state index contributed by atoms with van der Waals surface area (Å²) in [6.45, 7) is 6.98. The number of nitriles is 1. The van der Waals surface area contributed by atoms with Crippen LogP contribution in [0.5, 0.6) is 0 Å². The molecule has 1 aromatic carbocycles. The maximum atomic E-state index is 12.6. The molecule has 1 saturated carbocycles. The number of piperazine rings is 1. The Morgan fingerprint density at radius 2 is 2.00 bits per heavy atom. The van der Waals surface area contributed by atoms with Crippen LogP contribution < -0.4 is 10.2 Å². The van der Waals surface area contributed by atoms with Gasteiger partial charge >= 0.3 is 6.09 Å². The Balaban J connectivity index is 1.23. The van der Waals surface area contributed by atoms with Crippen molar-refractivity contribution in [1.29, 1.82) is 5.26 Å². The second kappa shape index (κ2) is 8.45. The van der Waals surface area contributed by atoms with Gasteiger partial charge in [0.1, 0.15) is 23.3 Å². The second-order valence-corrected chi connectivity index (χ2v) is 11.5. The van der Waals surface area contributed by atoms with Crippen molar-refractivity contribution < 1.29 is 9.53 Å². The molecule has 37 heavy (non-hydrogen) atoms. The molecule has 3 aliphatic rings. The van der Waals surface area contributed by atoms with E-state index < -0.39 is 11.0 Å². The second-order valence-electron chi connectivity index (χ2n) is 11.1. The molecule has 2 bridgehead atoms. The van der Waals surface area contributed by atoms with Crippen LogP contribution in [0.25, 0.3) is 11.0 Å². The largest absolute Gasteiger partial charge is 0.444 e. The first kappa shape index (κ1) is 23.7. The van der Waals surface area contributed by atoms with Crippen LogP contribution in [0, 0.1) is 11.3 Å². The fourth-order valence-electron chi connectivity index (χ4n) is 5.36. The SMILES string of the molecule is CC(C)(C)OC(=O)N1C[C@@H]2C[C@H]1CN2c1ccc2ncnc(Nc3ccc(C4(C#N)CC4)c(Cl)c3)c2n1. The predicted molar refractivity (Wildman–Crippen MR) is 141 cm³/mol. The maximum absolute atomic E-state index is 12.6. The number of carbonyl (C=O) groups excluding carboxylic acids is 1. The molecule has 2 aromatic heterocycles. The minimum Gasteiger partial charge on any atom is -0.444 e. The number of hydrogen-bond acceptors (Lipinski definition) is 8. The Kier molecular flexibility index (Phi) is 5.42. The zero-order valence-electron chi connectivity index (χ0n) is 21.0. The van der Waals surface area contributed by atoms with Crippen molar-refractivity contribution in [3.05, 3.63) is 47.2 Å². The van der Waals surface area contributed by atoms with E-state index in [1.165, 1.54) is 6.33 Å². The number of anilines is 3. The van der Waals surface area contributed by atoms with Gasteiger partial charge in [0.05, 0.1) is 29.1 Å². The number of ether oxygens (including phenoxy) is 1. The van der Waals surface area contributed by atoms with Crippen molar-refractivity contribution in [2.24, 2.45) is 0 Å². The first-order chi connectivity index (χ1) is 17.7. The highest BCUT2D eigenvalue weighted by molar-refractivity contribution is 6.32. The molecule has 0 unspecified atom stereocenters. The molecule has 2 aliphatic heterocycles. The van der Waals surface area contributed by atoms with Crippen molar-refractivity contribution in [3.63, 3.8) is 0 Å². The monoisotopic (exact) mass is 517 g/mol. The van der Waals surface area contributed by atoms with E-state index in [4.69, 9.17) is 21.3 Å². The molecule has 10 heteroatoms. The summed E-state index contributed by atoms with van der Waals surface area (Å²) in [4.78, 5) is 30.5. The molecule has 0 radical (unpaired) electrons. The normalized spacial score (nSPS) is 21.7. The van der Waals surface area contributed by atoms with E-state index >= 15 is 0 Å². The number of nitrogens with one attached hydrogen (secondary N) is 1. The summed E-state index contributed by atoms with van der Waals surface area (Å²) in [7, 11) is 0. The van der Waals surface area contributed by atoms with Gasteiger partial charge in [0.25, 0.3) is 0 Å². The quantitative estimate of drug-likeness (QED) is 0.504. The van der Waals surface area contributed by atoms with Gasteiger partial charge in [-0.2, -0.15) is 5.26 Å². The Bertz CT molecular complexity index is 1440. The molecule has 190 valence electrons. The van der Waals surface area contributed by atoms with Crippen LogP contribution >= 0.6 is 11.6 Å². The number of carbonyl (C=O) groups is 1. The topological polar surface area (TPSA) is 107 Å². The van der Waals surface area contributed by atoms with Gasteiger partial charge in [-0.3, -0.25) is 0 Å². The number of nitrogens with zero attached hydrogens (tertiary/aromatic N) is 6. The lowest BCUT2D eigenvalue weighted by atomic mass is 9.97. The molecule has 1 aliphatic carbocycles. The predicted octanol–water partition coefficient (Wildman–Crippen LogP) is 5.17. The highest BCUT2D eigenvalue weighted by atomic mass is 35.5. The lowest BCUT2D eigenvalue weighted by Crippen LogP contribution is -2.50. The number of likely N-dealkylation sites (tertiary alicyclic amines) is 1. The van der Waals surface area contributed by atoms with Crippen molar-refractivity contribution in [1.82, 2.24) is 19.9 Å². The summed E-state index contributed by atoms with van der Waals surface area (Å²) in [5.74, 6) is 1.41. The number of benzene rings is 1. The third-order valence-electron chi connectivity index (χ3n) is 7.34. The number of aromatic nitrogens is 3. The van der Waals surface area contributed by atoms with E-state index in [0.717, 1.165) is 41.8 Å². The van der Waals surface area contributed by atoms with Crippen LogP contribution in [0.15, 0.2) is 36.7 Å². The Morgan fingerprint density at radius 1 is 1.19 bits per heavy atom. The maximum Gasteiger partial charge on any atom is 0.410 e. The summed E-state index contributed by atoms with van der Waals surface area (Å²) in [5, 5.41) is 13.4. The molecule has 0 spiro atoms. The Morgan fingerprint density at radius 3 is 2.65 bits per heavy atom. The highest BCUT2D eigenvalue weighted by Gasteiger charge is 2.47. The molecule has 4 heterocycles. The number of halogens is 1. The Labute approximate surface area is 220 Å². The van der Waals surface area contributed by atoms with Crippen LogP contribution in [0.1, 0.15) is 45.6 Å². The molecule has 2 atom stereocenters. The fourth-order valence-corrected chi connectivity index (χ4v) is 5.72. The number of hydrogen-bond donors (Lipinski definition) is 1. The number of pyridine rings is 1. The molecule has 1 N–H and O–H groups in total. The highest BCUT2D eigenvalue weighted by Crippen LogP contribution is 2.50. The van der Waals surface area contributed by atoms with Crippen LogP contribution in [0.4, 0.5) is 22.1 Å². The van der Waals surface area contributed by atoms with Gasteiger partial charge in [-0.15, -0.1) is 0 Å². The van der Waals surface area contributed by atoms with Gasteiger partial charge in [0, 0.05) is 23.8 Å². The van der Waals surface area contributed by atoms with Crippen LogP contribution in [0.2, 0.25) is 5.02 Å². The lowest BCUT2D eigenvalue weighted by molar-refractivity contribution is 0.0214. The van der Waals surface area contributed by atoms with E-state index in [1.54, 1.807) is 0 Å². The molecule has 6 rings (SSSR count). The van der Waals surface area contributed by atoms with Crippen LogP contribution in [-0.4, -0.2) is 56.7 Å². The average molecular weight is 518 g/mol. The molecular formula is C27H28ClN7O2. The third kappa shape index (κ3) is 4.29. The first-order valence-corrected chi connectivity index (χ1v) is 12.9. The van der Waals surface area contributed by atoms with Crippen molar-refractivity contribution in [3.8, 4) is 6.07 Å². The number of rotatable bonds is 4. The number of amides is 1. The van der Waals surface area contributed by atoms with Crippen LogP contribution in [0.3, 0.4) is 0 Å². The summed E-state index contributed by atoms with van der Waals surface area (Å²) in [5.41, 5.74) is 2.07. The summed E-state index contributed by atoms with van der Waals surface area (Å²) in [6, 6.07) is 12.3. The molecule has 2 saturated heterocycles. The van der Waals surface area contributed by atoms with E-state index in [9.17, 15) is 10.1 Å². The lowest BCUT2D eigenvalue weighted by Gasteiger charge is -2.35. The van der Waals surface area contributed by atoms with Gasteiger partial charge in [-0.25, -0.2) is 19.7 Å². The van der Waals surface area contributed by atoms with Crippen molar-refractivity contribution >= 4 is 46.1 Å². The van der Waals surface area contributed by atoms with Gasteiger partial charge in [-0.05, 0) is 69.9 Å².